The van der Waals surface area contributed by atoms with Crippen LogP contribution in [-0.2, 0) is 14.8 Å². The number of hydrogen-bond donors (Lipinski definition) is 0. The molecule has 0 saturated heterocycles. The van der Waals surface area contributed by atoms with Crippen molar-refractivity contribution >= 4 is 39.8 Å². The van der Waals surface area contributed by atoms with Crippen molar-refractivity contribution in [2.24, 2.45) is 4.40 Å². The highest BCUT2D eigenvalue weighted by Crippen LogP contribution is 2.39. The fourth-order valence-electron chi connectivity index (χ4n) is 1.90. The molecular weight excluding hydrogens is 410 g/mol. The largest absolute Gasteiger partial charge is 0.465 e. The van der Waals surface area contributed by atoms with Gasteiger partial charge in [0.1, 0.15) is 16.1 Å². The van der Waals surface area contributed by atoms with Crippen LogP contribution < -0.4 is 0 Å². The summed E-state index contributed by atoms with van der Waals surface area (Å²) in [6.45, 7) is 0. The van der Waals surface area contributed by atoms with Crippen molar-refractivity contribution in [3.8, 4) is 0 Å². The van der Waals surface area contributed by atoms with Crippen LogP contribution in [0.5, 0.6) is 0 Å². The Morgan fingerprint density at radius 2 is 1.96 bits per heavy atom. The van der Waals surface area contributed by atoms with Gasteiger partial charge in [-0.25, -0.2) is 14.8 Å². The summed E-state index contributed by atoms with van der Waals surface area (Å²) in [4.78, 5) is 31.1. The lowest BCUT2D eigenvalue weighted by Crippen LogP contribution is -2.12. The van der Waals surface area contributed by atoms with Crippen molar-refractivity contribution in [2.45, 2.75) is 14.9 Å². The molecule has 0 radical (unpaired) electrons. The first-order valence-electron chi connectivity index (χ1n) is 7.48. The van der Waals surface area contributed by atoms with Crippen LogP contribution in [0.4, 0.5) is 5.69 Å². The van der Waals surface area contributed by atoms with E-state index in [-0.39, 0.29) is 15.6 Å². The molecule has 2 rings (SSSR count). The third-order valence-corrected chi connectivity index (χ3v) is 5.49. The average molecular weight is 425 g/mol. The van der Waals surface area contributed by atoms with Crippen LogP contribution in [0.2, 0.25) is 0 Å². The first kappa shape index (κ1) is 21.2. The molecule has 0 spiro atoms. The van der Waals surface area contributed by atoms with Crippen molar-refractivity contribution < 1.29 is 22.9 Å². The van der Waals surface area contributed by atoms with Gasteiger partial charge in [-0.15, -0.1) is 4.40 Å². The minimum atomic E-state index is -4.39. The fraction of sp³-hybridized carbons (Fsp3) is 0.200. The Kier molecular flexibility index (Phi) is 6.64. The molecule has 1 aromatic heterocycles. The summed E-state index contributed by atoms with van der Waals surface area (Å²) in [5.41, 5.74) is -0.912. The van der Waals surface area contributed by atoms with E-state index in [1.807, 2.05) is 0 Å². The lowest BCUT2D eigenvalue weighted by molar-refractivity contribution is -0.388. The zero-order chi connectivity index (χ0) is 20.9. The van der Waals surface area contributed by atoms with Gasteiger partial charge in [0, 0.05) is 32.6 Å². The quantitative estimate of drug-likeness (QED) is 0.160. The Bertz CT molecular complexity index is 1020. The SMILES string of the molecule is COC(=O)c1cc([N+](=O)[O-])c(Sc2ncccn2)c(S(=O)(=O)N=CN(C)C)c1. The van der Waals surface area contributed by atoms with E-state index < -0.39 is 31.5 Å². The summed E-state index contributed by atoms with van der Waals surface area (Å²) < 4.78 is 33.5. The van der Waals surface area contributed by atoms with Gasteiger partial charge in [-0.3, -0.25) is 10.1 Å². The molecule has 13 heteroatoms. The molecular formula is C15H15N5O6S2. The first-order chi connectivity index (χ1) is 13.2. The lowest BCUT2D eigenvalue weighted by atomic mass is 10.2. The molecule has 0 saturated carbocycles. The molecule has 0 fully saturated rings. The minimum Gasteiger partial charge on any atom is -0.465 e. The molecule has 0 bridgehead atoms. The van der Waals surface area contributed by atoms with E-state index in [0.717, 1.165) is 25.6 Å². The smallest absolute Gasteiger partial charge is 0.338 e. The molecule has 0 N–H and O–H groups in total. The zero-order valence-electron chi connectivity index (χ0n) is 15.0. The maximum Gasteiger partial charge on any atom is 0.338 e. The van der Waals surface area contributed by atoms with Crippen molar-refractivity contribution in [1.82, 2.24) is 14.9 Å². The Labute approximate surface area is 164 Å². The second-order valence-electron chi connectivity index (χ2n) is 5.36. The van der Waals surface area contributed by atoms with Gasteiger partial charge >= 0.3 is 5.97 Å². The van der Waals surface area contributed by atoms with Crippen LogP contribution in [0.25, 0.3) is 0 Å². The van der Waals surface area contributed by atoms with E-state index >= 15 is 0 Å². The number of nitrogens with zero attached hydrogens (tertiary/aromatic N) is 5. The summed E-state index contributed by atoms with van der Waals surface area (Å²) in [5.74, 6) is -0.927. The number of hydrogen-bond acceptors (Lipinski definition) is 9. The van der Waals surface area contributed by atoms with E-state index in [9.17, 15) is 23.3 Å². The lowest BCUT2D eigenvalue weighted by Gasteiger charge is -2.10. The molecule has 2 aromatic rings. The molecule has 0 aliphatic heterocycles. The highest BCUT2D eigenvalue weighted by Gasteiger charge is 2.30. The number of rotatable bonds is 7. The van der Waals surface area contributed by atoms with Crippen LogP contribution in [0.1, 0.15) is 10.4 Å². The standard InChI is InChI=1S/C15H15N5O6S2/c1-19(2)9-18-28(24,25)12-8-10(14(21)26-3)7-11(20(22)23)13(12)27-15-16-5-4-6-17-15/h4-9H,1-3H3. The van der Waals surface area contributed by atoms with Crippen LogP contribution in [0, 0.1) is 10.1 Å². The summed E-state index contributed by atoms with van der Waals surface area (Å²) in [7, 11) is -0.200. The molecule has 11 nitrogen and oxygen atoms in total. The second kappa shape index (κ2) is 8.75. The Hall–Kier alpha value is -3.06. The average Bonchev–Trinajstić information content (AvgIpc) is 2.66. The number of esters is 1. The number of carbonyl (C=O) groups excluding carboxylic acids is 1. The van der Waals surface area contributed by atoms with Crippen molar-refractivity contribution in [2.75, 3.05) is 21.2 Å². The molecule has 1 heterocycles. The van der Waals surface area contributed by atoms with Crippen molar-refractivity contribution in [1.29, 1.82) is 0 Å². The minimum absolute atomic E-state index is 0.0875. The number of aromatic nitrogens is 2. The molecule has 0 amide bonds. The summed E-state index contributed by atoms with van der Waals surface area (Å²) in [6.07, 6.45) is 3.84. The fourth-order valence-corrected chi connectivity index (χ4v) is 4.18. The zero-order valence-corrected chi connectivity index (χ0v) is 16.6. The van der Waals surface area contributed by atoms with Crippen LogP contribution in [0.3, 0.4) is 0 Å². The van der Waals surface area contributed by atoms with E-state index in [0.29, 0.717) is 11.8 Å². The normalized spacial score (nSPS) is 11.4. The predicted octanol–water partition coefficient (Wildman–Crippen LogP) is 1.60. The van der Waals surface area contributed by atoms with Gasteiger partial charge in [0.15, 0.2) is 5.16 Å². The number of benzene rings is 1. The van der Waals surface area contributed by atoms with Gasteiger partial charge in [-0.1, -0.05) is 0 Å². The third-order valence-electron chi connectivity index (χ3n) is 3.08. The maximum absolute atomic E-state index is 12.7. The highest BCUT2D eigenvalue weighted by molar-refractivity contribution is 8.00. The van der Waals surface area contributed by atoms with Gasteiger partial charge in [0.25, 0.3) is 15.7 Å². The second-order valence-corrected chi connectivity index (χ2v) is 7.94. The number of carbonyl (C=O) groups is 1. The third kappa shape index (κ3) is 5.01. The summed E-state index contributed by atoms with van der Waals surface area (Å²) >= 11 is 0.676. The van der Waals surface area contributed by atoms with E-state index in [1.165, 1.54) is 23.4 Å². The first-order valence-corrected chi connectivity index (χ1v) is 9.74. The Morgan fingerprint density at radius 3 is 2.50 bits per heavy atom. The molecule has 148 valence electrons. The molecule has 0 aliphatic rings. The predicted molar refractivity (Wildman–Crippen MR) is 100.0 cm³/mol. The van der Waals surface area contributed by atoms with Gasteiger partial charge in [-0.2, -0.15) is 8.42 Å². The number of ether oxygens (including phenoxy) is 1. The molecule has 28 heavy (non-hydrogen) atoms. The van der Waals surface area contributed by atoms with Crippen LogP contribution in [0.15, 0.2) is 49.9 Å². The van der Waals surface area contributed by atoms with Crippen LogP contribution in [-0.4, -0.2) is 61.7 Å². The van der Waals surface area contributed by atoms with Crippen LogP contribution >= 0.6 is 11.8 Å². The number of sulfonamides is 1. The molecule has 0 aliphatic carbocycles. The number of nitro benzene ring substituents is 1. The van der Waals surface area contributed by atoms with E-state index in [1.54, 1.807) is 14.1 Å². The monoisotopic (exact) mass is 425 g/mol. The summed E-state index contributed by atoms with van der Waals surface area (Å²) in [6, 6.07) is 3.45. The highest BCUT2D eigenvalue weighted by atomic mass is 32.2. The van der Waals surface area contributed by atoms with E-state index in [2.05, 4.69) is 19.1 Å². The Morgan fingerprint density at radius 1 is 1.32 bits per heavy atom. The Balaban J connectivity index is 2.78. The molecule has 0 unspecified atom stereocenters. The number of methoxy groups -OCH3 is 1. The van der Waals surface area contributed by atoms with Gasteiger partial charge < -0.3 is 9.64 Å². The van der Waals surface area contributed by atoms with Crippen molar-refractivity contribution in [3.63, 3.8) is 0 Å². The van der Waals surface area contributed by atoms with E-state index in [4.69, 9.17) is 0 Å². The van der Waals surface area contributed by atoms with Gasteiger partial charge in [0.2, 0.25) is 0 Å². The topological polar surface area (TPSA) is 145 Å². The van der Waals surface area contributed by atoms with Gasteiger partial charge in [0.05, 0.1) is 17.6 Å². The maximum atomic E-state index is 12.7. The number of nitro groups is 1. The van der Waals surface area contributed by atoms with Crippen molar-refractivity contribution in [3.05, 3.63) is 46.3 Å². The van der Waals surface area contributed by atoms with Gasteiger partial charge in [-0.05, 0) is 23.9 Å². The summed E-state index contributed by atoms with van der Waals surface area (Å²) in [5, 5.41) is 11.7. The molecule has 0 atom stereocenters. The molecule has 1 aromatic carbocycles.